The standard InChI is InChI=1S/C20H36N2O2/c1-3-5-7-9-13-17-21-19(23)15-11-12-16-20(24)22-18-14-10-8-6-4-2/h5-8H,3-4,9-18H2,1-2H3,(H,21,23)(H,22,24)/b7-5+,8-6+. The highest BCUT2D eigenvalue weighted by atomic mass is 16.2. The van der Waals surface area contributed by atoms with Gasteiger partial charge in [-0.05, 0) is 51.4 Å². The van der Waals surface area contributed by atoms with Crippen molar-refractivity contribution in [1.82, 2.24) is 10.6 Å². The van der Waals surface area contributed by atoms with E-state index in [9.17, 15) is 9.59 Å². The van der Waals surface area contributed by atoms with E-state index in [1.807, 2.05) is 0 Å². The molecule has 0 rings (SSSR count). The molecule has 0 radical (unpaired) electrons. The molecule has 0 saturated heterocycles. The zero-order chi connectivity index (χ0) is 17.9. The summed E-state index contributed by atoms with van der Waals surface area (Å²) in [6, 6.07) is 0. The molecule has 0 saturated carbocycles. The number of carbonyl (C=O) groups excluding carboxylic acids is 2. The topological polar surface area (TPSA) is 58.2 Å². The first kappa shape index (κ1) is 22.4. The molecule has 2 N–H and O–H groups in total. The van der Waals surface area contributed by atoms with Crippen LogP contribution in [0.3, 0.4) is 0 Å². The van der Waals surface area contributed by atoms with Gasteiger partial charge < -0.3 is 10.6 Å². The molecule has 0 heterocycles. The maximum atomic E-state index is 11.6. The third-order valence-corrected chi connectivity index (χ3v) is 3.60. The number of carbonyl (C=O) groups is 2. The Morgan fingerprint density at radius 2 is 1.08 bits per heavy atom. The van der Waals surface area contributed by atoms with Crippen LogP contribution in [0.2, 0.25) is 0 Å². The molecule has 4 nitrogen and oxygen atoms in total. The van der Waals surface area contributed by atoms with Gasteiger partial charge in [-0.25, -0.2) is 0 Å². The molecular formula is C20H36N2O2. The minimum Gasteiger partial charge on any atom is -0.356 e. The van der Waals surface area contributed by atoms with E-state index in [0.29, 0.717) is 12.8 Å². The number of amides is 2. The van der Waals surface area contributed by atoms with Crippen molar-refractivity contribution in [3.05, 3.63) is 24.3 Å². The molecule has 4 heteroatoms. The lowest BCUT2D eigenvalue weighted by molar-refractivity contribution is -0.123. The van der Waals surface area contributed by atoms with Gasteiger partial charge >= 0.3 is 0 Å². The van der Waals surface area contributed by atoms with Crippen LogP contribution in [0.5, 0.6) is 0 Å². The number of hydrogen-bond acceptors (Lipinski definition) is 2. The molecule has 0 aromatic heterocycles. The van der Waals surface area contributed by atoms with Gasteiger partial charge in [-0.3, -0.25) is 9.59 Å². The molecule has 0 aromatic carbocycles. The largest absolute Gasteiger partial charge is 0.356 e. The second kappa shape index (κ2) is 17.8. The lowest BCUT2D eigenvalue weighted by Gasteiger charge is -2.05. The van der Waals surface area contributed by atoms with E-state index in [1.54, 1.807) is 0 Å². The van der Waals surface area contributed by atoms with Gasteiger partial charge in [0.05, 0.1) is 0 Å². The monoisotopic (exact) mass is 336 g/mol. The fourth-order valence-electron chi connectivity index (χ4n) is 2.21. The predicted molar refractivity (Wildman–Crippen MR) is 102 cm³/mol. The van der Waals surface area contributed by atoms with E-state index >= 15 is 0 Å². The fourth-order valence-corrected chi connectivity index (χ4v) is 2.21. The summed E-state index contributed by atoms with van der Waals surface area (Å²) in [5, 5.41) is 5.85. The van der Waals surface area contributed by atoms with Crippen molar-refractivity contribution in [2.24, 2.45) is 0 Å². The summed E-state index contributed by atoms with van der Waals surface area (Å²) in [6.45, 7) is 5.70. The molecule has 0 aromatic rings. The van der Waals surface area contributed by atoms with Crippen LogP contribution in [0.4, 0.5) is 0 Å². The normalized spacial score (nSPS) is 11.2. The molecule has 0 fully saturated rings. The lowest BCUT2D eigenvalue weighted by atomic mass is 10.1. The zero-order valence-corrected chi connectivity index (χ0v) is 15.6. The van der Waals surface area contributed by atoms with Crippen molar-refractivity contribution >= 4 is 11.8 Å². The Morgan fingerprint density at radius 3 is 1.46 bits per heavy atom. The third-order valence-electron chi connectivity index (χ3n) is 3.60. The van der Waals surface area contributed by atoms with E-state index in [0.717, 1.165) is 64.5 Å². The van der Waals surface area contributed by atoms with Gasteiger partial charge in [-0.15, -0.1) is 0 Å². The smallest absolute Gasteiger partial charge is 0.219 e. The van der Waals surface area contributed by atoms with Crippen LogP contribution >= 0.6 is 0 Å². The van der Waals surface area contributed by atoms with Gasteiger partial charge in [0.15, 0.2) is 0 Å². The molecule has 0 unspecified atom stereocenters. The minimum absolute atomic E-state index is 0.0950. The van der Waals surface area contributed by atoms with Crippen molar-refractivity contribution in [2.75, 3.05) is 13.1 Å². The van der Waals surface area contributed by atoms with Gasteiger partial charge in [0, 0.05) is 25.9 Å². The average molecular weight is 337 g/mol. The summed E-state index contributed by atoms with van der Waals surface area (Å²) < 4.78 is 0. The van der Waals surface area contributed by atoms with Crippen LogP contribution in [0.15, 0.2) is 24.3 Å². The Kier molecular flexibility index (Phi) is 16.6. The van der Waals surface area contributed by atoms with Crippen molar-refractivity contribution in [2.45, 2.75) is 78.1 Å². The summed E-state index contributed by atoms with van der Waals surface area (Å²) >= 11 is 0. The molecular weight excluding hydrogens is 300 g/mol. The first-order valence-corrected chi connectivity index (χ1v) is 9.54. The van der Waals surface area contributed by atoms with E-state index < -0.39 is 0 Å². The highest BCUT2D eigenvalue weighted by molar-refractivity contribution is 5.77. The molecule has 0 aliphatic rings. The summed E-state index contributed by atoms with van der Waals surface area (Å²) in [5.74, 6) is 0.190. The average Bonchev–Trinajstić information content (AvgIpc) is 2.58. The molecule has 0 bridgehead atoms. The SMILES string of the molecule is CC/C=C/CCCNC(=O)CCCCC(=O)NCCC/C=C/CC. The number of allylic oxidation sites excluding steroid dienone is 4. The summed E-state index contributed by atoms with van der Waals surface area (Å²) in [4.78, 5) is 23.3. The van der Waals surface area contributed by atoms with E-state index in [4.69, 9.17) is 0 Å². The first-order chi connectivity index (χ1) is 11.7. The lowest BCUT2D eigenvalue weighted by Crippen LogP contribution is -2.25. The van der Waals surface area contributed by atoms with Crippen molar-refractivity contribution in [3.8, 4) is 0 Å². The fraction of sp³-hybridized carbons (Fsp3) is 0.700. The number of rotatable bonds is 15. The maximum Gasteiger partial charge on any atom is 0.219 e. The molecule has 24 heavy (non-hydrogen) atoms. The first-order valence-electron chi connectivity index (χ1n) is 9.54. The van der Waals surface area contributed by atoms with Gasteiger partial charge in [0.25, 0.3) is 0 Å². The maximum absolute atomic E-state index is 11.6. The highest BCUT2D eigenvalue weighted by Crippen LogP contribution is 2.00. The summed E-state index contributed by atoms with van der Waals surface area (Å²) in [5.41, 5.74) is 0. The van der Waals surface area contributed by atoms with E-state index in [2.05, 4.69) is 48.8 Å². The number of hydrogen-bond donors (Lipinski definition) is 2. The molecule has 0 atom stereocenters. The Hall–Kier alpha value is -1.58. The van der Waals surface area contributed by atoms with Gasteiger partial charge in [-0.2, -0.15) is 0 Å². The van der Waals surface area contributed by atoms with Gasteiger partial charge in [-0.1, -0.05) is 38.2 Å². The van der Waals surface area contributed by atoms with Crippen LogP contribution in [-0.4, -0.2) is 24.9 Å². The molecule has 2 amide bonds. The number of nitrogens with one attached hydrogen (secondary N) is 2. The molecule has 138 valence electrons. The Morgan fingerprint density at radius 1 is 0.667 bits per heavy atom. The Balaban J connectivity index is 3.40. The summed E-state index contributed by atoms with van der Waals surface area (Å²) in [6.07, 6.45) is 17.3. The quantitative estimate of drug-likeness (QED) is 0.346. The molecule has 0 aliphatic heterocycles. The van der Waals surface area contributed by atoms with Crippen molar-refractivity contribution in [3.63, 3.8) is 0 Å². The number of unbranched alkanes of at least 4 members (excludes halogenated alkanes) is 3. The Bertz CT molecular complexity index is 340. The van der Waals surface area contributed by atoms with Crippen LogP contribution in [0.25, 0.3) is 0 Å². The zero-order valence-electron chi connectivity index (χ0n) is 15.6. The van der Waals surface area contributed by atoms with Crippen LogP contribution in [0.1, 0.15) is 78.1 Å². The van der Waals surface area contributed by atoms with Crippen LogP contribution in [-0.2, 0) is 9.59 Å². The third kappa shape index (κ3) is 16.8. The van der Waals surface area contributed by atoms with E-state index in [1.165, 1.54) is 0 Å². The van der Waals surface area contributed by atoms with Crippen molar-refractivity contribution in [1.29, 1.82) is 0 Å². The second-order valence-corrected chi connectivity index (χ2v) is 5.95. The van der Waals surface area contributed by atoms with Crippen LogP contribution in [0, 0.1) is 0 Å². The second-order valence-electron chi connectivity index (χ2n) is 5.95. The van der Waals surface area contributed by atoms with Gasteiger partial charge in [0.1, 0.15) is 0 Å². The molecule has 0 spiro atoms. The Labute approximate surface area is 148 Å². The predicted octanol–water partition coefficient (Wildman–Crippen LogP) is 4.27. The van der Waals surface area contributed by atoms with Crippen LogP contribution < -0.4 is 10.6 Å². The minimum atomic E-state index is 0.0950. The highest BCUT2D eigenvalue weighted by Gasteiger charge is 2.03. The van der Waals surface area contributed by atoms with E-state index in [-0.39, 0.29) is 11.8 Å². The summed E-state index contributed by atoms with van der Waals surface area (Å²) in [7, 11) is 0. The van der Waals surface area contributed by atoms with Gasteiger partial charge in [0.2, 0.25) is 11.8 Å². The van der Waals surface area contributed by atoms with Crippen molar-refractivity contribution < 1.29 is 9.59 Å². The molecule has 0 aliphatic carbocycles.